The zero-order valence-corrected chi connectivity index (χ0v) is 23.7. The van der Waals surface area contributed by atoms with Gasteiger partial charge in [0.05, 0.1) is 32.5 Å². The van der Waals surface area contributed by atoms with Crippen LogP contribution in [0.1, 0.15) is 12.8 Å². The smallest absolute Gasteiger partial charge is 0.378 e. The average Bonchev–Trinajstić information content (AvgIpc) is 3.86. The summed E-state index contributed by atoms with van der Waals surface area (Å²) in [4.78, 5) is 0. The molecule has 2 saturated heterocycles. The zero-order valence-electron chi connectivity index (χ0n) is 23.7. The zero-order chi connectivity index (χ0) is 42.0. The van der Waals surface area contributed by atoms with Crippen LogP contribution in [0.2, 0.25) is 0 Å². The topological polar surface area (TPSA) is 34.3 Å². The van der Waals surface area contributed by atoms with Crippen LogP contribution >= 0.6 is 0 Å². The highest BCUT2D eigenvalue weighted by Crippen LogP contribution is 2.64. The van der Waals surface area contributed by atoms with Crippen molar-refractivity contribution in [1.29, 1.82) is 0 Å². The fourth-order valence-corrected chi connectivity index (χ4v) is 3.14. The number of halogens is 28. The van der Waals surface area contributed by atoms with Crippen molar-refractivity contribution in [3.8, 4) is 0 Å². The molecule has 2 aliphatic heterocycles. The fraction of sp³-hybridized carbons (Fsp3) is 1.00. The normalized spacial score (nSPS) is 20.8. The van der Waals surface area contributed by atoms with E-state index in [0.717, 1.165) is 0 Å². The summed E-state index contributed by atoms with van der Waals surface area (Å²) in [5.74, 6) is -82.7. The van der Waals surface area contributed by atoms with Gasteiger partial charge in [0.1, 0.15) is 6.10 Å². The minimum absolute atomic E-state index is 0.128. The Morgan fingerprint density at radius 2 is 0.635 bits per heavy atom. The Morgan fingerprint density at radius 1 is 0.365 bits per heavy atom. The maximum Gasteiger partial charge on any atom is 0.460 e. The monoisotopic (exact) mass is 846 g/mol. The van der Waals surface area contributed by atoms with E-state index in [-0.39, 0.29) is 6.61 Å². The first-order valence-corrected chi connectivity index (χ1v) is 12.5. The molecule has 0 radical (unpaired) electrons. The molecule has 52 heavy (non-hydrogen) atoms. The van der Waals surface area contributed by atoms with Gasteiger partial charge in [-0.2, -0.15) is 123 Å². The van der Waals surface area contributed by atoms with Crippen molar-refractivity contribution in [2.75, 3.05) is 26.4 Å². The van der Waals surface area contributed by atoms with Crippen LogP contribution in [0.4, 0.5) is 123 Å². The van der Waals surface area contributed by atoms with Gasteiger partial charge in [-0.3, -0.25) is 0 Å². The molecule has 0 aliphatic carbocycles. The molecule has 0 aromatic rings. The molecule has 0 N–H and O–H groups in total. The van der Waals surface area contributed by atoms with Crippen molar-refractivity contribution < 1.29 is 137 Å². The molecule has 3 nitrogen and oxygen atoms in total. The lowest BCUT2D eigenvalue weighted by atomic mass is 9.90. The van der Waals surface area contributed by atoms with Crippen molar-refractivity contribution >= 4 is 0 Å². The van der Waals surface area contributed by atoms with Crippen molar-refractivity contribution in [2.45, 2.75) is 103 Å². The Balaban J connectivity index is 0.000000520. The fourth-order valence-electron chi connectivity index (χ4n) is 3.14. The molecular weight excluding hydrogens is 832 g/mol. The predicted molar refractivity (Wildman–Crippen MR) is 106 cm³/mol. The SMILES string of the molecule is FC(F)(F)C(F)(F)C(F)(F)C(F)(F)C(F)(F)C(F)(F)C(F)(F)CC1CO1.FC(F)(F)C(F)(F)C(F)(F)C(F)(F)C(F)(F)C(F)(F)CCOCC1CO1. The molecule has 2 heterocycles. The van der Waals surface area contributed by atoms with E-state index in [1.54, 1.807) is 0 Å². The highest BCUT2D eigenvalue weighted by molar-refractivity contribution is 5.13. The summed E-state index contributed by atoms with van der Waals surface area (Å²) >= 11 is 0. The highest BCUT2D eigenvalue weighted by atomic mass is 19.4. The van der Waals surface area contributed by atoms with Crippen LogP contribution in [0.15, 0.2) is 0 Å². The molecule has 0 saturated carbocycles. The molecule has 0 bridgehead atoms. The van der Waals surface area contributed by atoms with Crippen LogP contribution < -0.4 is 0 Å². The Kier molecular flexibility index (Phi) is 12.5. The van der Waals surface area contributed by atoms with Crippen LogP contribution in [-0.4, -0.2) is 116 Å². The van der Waals surface area contributed by atoms with E-state index in [1.165, 1.54) is 0 Å². The van der Waals surface area contributed by atoms with Crippen LogP contribution in [0.5, 0.6) is 0 Å². The molecule has 2 fully saturated rings. The van der Waals surface area contributed by atoms with Crippen LogP contribution in [0.25, 0.3) is 0 Å². The van der Waals surface area contributed by atoms with Crippen molar-refractivity contribution in [3.63, 3.8) is 0 Å². The third kappa shape index (κ3) is 7.85. The second-order valence-corrected chi connectivity index (χ2v) is 10.5. The molecule has 0 aromatic carbocycles. The second kappa shape index (κ2) is 13.6. The Hall–Kier alpha value is -2.08. The molecule has 2 rings (SSSR count). The third-order valence-corrected chi connectivity index (χ3v) is 6.54. The maximum absolute atomic E-state index is 13.3. The van der Waals surface area contributed by atoms with Crippen molar-refractivity contribution in [2.24, 2.45) is 0 Å². The summed E-state index contributed by atoms with van der Waals surface area (Å²) in [7, 11) is 0. The largest absolute Gasteiger partial charge is 0.460 e. The van der Waals surface area contributed by atoms with Crippen molar-refractivity contribution in [1.82, 2.24) is 0 Å². The van der Waals surface area contributed by atoms with E-state index >= 15 is 0 Å². The molecule has 0 amide bonds. The minimum Gasteiger partial charge on any atom is -0.378 e. The van der Waals surface area contributed by atoms with E-state index < -0.39 is 122 Å². The van der Waals surface area contributed by atoms with Crippen LogP contribution in [0, 0.1) is 0 Å². The second-order valence-electron chi connectivity index (χ2n) is 10.5. The van der Waals surface area contributed by atoms with E-state index in [0.29, 0.717) is 0 Å². The van der Waals surface area contributed by atoms with Crippen molar-refractivity contribution in [3.05, 3.63) is 0 Å². The molecular formula is C21H14F28O3. The lowest BCUT2D eigenvalue weighted by Crippen LogP contribution is -2.72. The molecule has 2 aliphatic rings. The number of epoxide rings is 2. The Labute approximate surface area is 267 Å². The number of hydrogen-bond acceptors (Lipinski definition) is 3. The highest BCUT2D eigenvalue weighted by Gasteiger charge is 2.94. The summed E-state index contributed by atoms with van der Waals surface area (Å²) in [6, 6.07) is 0. The van der Waals surface area contributed by atoms with Gasteiger partial charge in [0, 0.05) is 12.8 Å². The van der Waals surface area contributed by atoms with Gasteiger partial charge < -0.3 is 14.2 Å². The minimum atomic E-state index is -8.23. The first-order valence-electron chi connectivity index (χ1n) is 12.5. The first-order chi connectivity index (χ1) is 22.4. The third-order valence-electron chi connectivity index (χ3n) is 6.54. The molecule has 0 aromatic heterocycles. The lowest BCUT2D eigenvalue weighted by Gasteiger charge is -2.41. The first kappa shape index (κ1) is 47.9. The average molecular weight is 846 g/mol. The molecule has 2 atom stereocenters. The van der Waals surface area contributed by atoms with Crippen LogP contribution in [0.3, 0.4) is 0 Å². The molecule has 31 heteroatoms. The van der Waals surface area contributed by atoms with Gasteiger partial charge in [-0.15, -0.1) is 0 Å². The molecule has 2 unspecified atom stereocenters. The Morgan fingerprint density at radius 3 is 0.923 bits per heavy atom. The van der Waals surface area contributed by atoms with Gasteiger partial charge in [0.2, 0.25) is 0 Å². The van der Waals surface area contributed by atoms with E-state index in [1.807, 2.05) is 0 Å². The Bertz CT molecular complexity index is 1210. The standard InChI is InChI=1S/C11H9F13O2.C10H5F15O/c12-6(13,1-2-25-3-5-4-26-5)7(14,15)8(16,17)9(18,19)10(20,21)11(22,23)24;11-4(12,1-3-2-26-3)5(13,14)6(15,16)7(17,18)8(19,20)9(21,22)10(23,24)25/h5H,1-4H2;3H,1-2H2. The molecule has 312 valence electrons. The van der Waals surface area contributed by atoms with E-state index in [2.05, 4.69) is 14.2 Å². The summed E-state index contributed by atoms with van der Waals surface area (Å²) < 4.78 is 370. The predicted octanol–water partition coefficient (Wildman–Crippen LogP) is 9.68. The number of ether oxygens (including phenoxy) is 3. The van der Waals surface area contributed by atoms with Crippen LogP contribution in [-0.2, 0) is 14.2 Å². The van der Waals surface area contributed by atoms with Gasteiger partial charge >= 0.3 is 77.5 Å². The number of rotatable bonds is 16. The summed E-state index contributed by atoms with van der Waals surface area (Å²) in [5.41, 5.74) is 0. The number of alkyl halides is 28. The van der Waals surface area contributed by atoms with Gasteiger partial charge in [0.15, 0.2) is 0 Å². The maximum atomic E-state index is 13.3. The van der Waals surface area contributed by atoms with Gasteiger partial charge in [0.25, 0.3) is 0 Å². The summed E-state index contributed by atoms with van der Waals surface area (Å²) in [6.45, 7) is -2.42. The summed E-state index contributed by atoms with van der Waals surface area (Å²) in [6.07, 6.45) is -22.2. The lowest BCUT2D eigenvalue weighted by molar-refractivity contribution is -0.452. The van der Waals surface area contributed by atoms with E-state index in [9.17, 15) is 123 Å². The van der Waals surface area contributed by atoms with Gasteiger partial charge in [-0.1, -0.05) is 0 Å². The molecule has 0 spiro atoms. The number of hydrogen-bond donors (Lipinski definition) is 0. The van der Waals surface area contributed by atoms with Gasteiger partial charge in [-0.05, 0) is 0 Å². The summed E-state index contributed by atoms with van der Waals surface area (Å²) in [5, 5.41) is 0. The quantitative estimate of drug-likeness (QED) is 0.0883. The van der Waals surface area contributed by atoms with Gasteiger partial charge in [-0.25, -0.2) is 0 Å². The van der Waals surface area contributed by atoms with E-state index in [4.69, 9.17) is 0 Å².